The van der Waals surface area contributed by atoms with Crippen LogP contribution in [0.15, 0.2) is 18.2 Å². The van der Waals surface area contributed by atoms with Crippen LogP contribution in [-0.4, -0.2) is 27.3 Å². The van der Waals surface area contributed by atoms with Gasteiger partial charge in [0.2, 0.25) is 0 Å². The van der Waals surface area contributed by atoms with Crippen LogP contribution in [0.3, 0.4) is 0 Å². The van der Waals surface area contributed by atoms with E-state index in [1.54, 1.807) is 7.11 Å². The maximum absolute atomic E-state index is 5.60. The van der Waals surface area contributed by atoms with E-state index in [-0.39, 0.29) is 0 Å². The van der Waals surface area contributed by atoms with E-state index in [2.05, 4.69) is 17.4 Å². The zero-order chi connectivity index (χ0) is 12.3. The maximum Gasteiger partial charge on any atom is 0.161 e. The van der Waals surface area contributed by atoms with E-state index in [0.717, 1.165) is 24.0 Å². The second-order valence-corrected chi connectivity index (χ2v) is 4.50. The largest absolute Gasteiger partial charge is 0.493 e. The normalized spacial score (nSPS) is 22.3. The molecule has 0 bridgehead atoms. The SMILES string of the molecule is CCOc1cc(C2CC2CNC)ccc1OC. The third-order valence-corrected chi connectivity index (χ3v) is 3.30. The highest BCUT2D eigenvalue weighted by Crippen LogP contribution is 2.48. The van der Waals surface area contributed by atoms with E-state index in [4.69, 9.17) is 9.47 Å². The smallest absolute Gasteiger partial charge is 0.161 e. The minimum absolute atomic E-state index is 0.671. The Kier molecular flexibility index (Phi) is 3.89. The molecule has 0 heterocycles. The van der Waals surface area contributed by atoms with Crippen LogP contribution in [0.2, 0.25) is 0 Å². The van der Waals surface area contributed by atoms with Crippen molar-refractivity contribution in [3.05, 3.63) is 23.8 Å². The molecule has 17 heavy (non-hydrogen) atoms. The highest BCUT2D eigenvalue weighted by Gasteiger charge is 2.37. The molecule has 1 fully saturated rings. The van der Waals surface area contributed by atoms with Crippen LogP contribution < -0.4 is 14.8 Å². The maximum atomic E-state index is 5.60. The van der Waals surface area contributed by atoms with E-state index in [1.165, 1.54) is 12.0 Å². The van der Waals surface area contributed by atoms with Gasteiger partial charge < -0.3 is 14.8 Å². The predicted molar refractivity (Wildman–Crippen MR) is 68.9 cm³/mol. The van der Waals surface area contributed by atoms with Gasteiger partial charge >= 0.3 is 0 Å². The van der Waals surface area contributed by atoms with Crippen molar-refractivity contribution in [2.45, 2.75) is 19.3 Å². The van der Waals surface area contributed by atoms with Crippen molar-refractivity contribution >= 4 is 0 Å². The molecule has 0 amide bonds. The van der Waals surface area contributed by atoms with Gasteiger partial charge in [-0.1, -0.05) is 6.07 Å². The van der Waals surface area contributed by atoms with E-state index >= 15 is 0 Å². The third kappa shape index (κ3) is 2.72. The molecule has 3 heteroatoms. The summed E-state index contributed by atoms with van der Waals surface area (Å²) in [5.74, 6) is 3.15. The summed E-state index contributed by atoms with van der Waals surface area (Å²) >= 11 is 0. The molecule has 1 saturated carbocycles. The number of benzene rings is 1. The molecule has 0 aliphatic heterocycles. The number of nitrogens with one attached hydrogen (secondary N) is 1. The van der Waals surface area contributed by atoms with Gasteiger partial charge in [-0.05, 0) is 56.5 Å². The summed E-state index contributed by atoms with van der Waals surface area (Å²) < 4.78 is 10.9. The minimum atomic E-state index is 0.671. The highest BCUT2D eigenvalue weighted by molar-refractivity contribution is 5.45. The lowest BCUT2D eigenvalue weighted by Crippen LogP contribution is -2.10. The predicted octanol–water partition coefficient (Wildman–Crippen LogP) is 2.42. The molecule has 1 aromatic carbocycles. The number of rotatable bonds is 6. The molecular weight excluding hydrogens is 214 g/mol. The van der Waals surface area contributed by atoms with Gasteiger partial charge in [-0.15, -0.1) is 0 Å². The summed E-state index contributed by atoms with van der Waals surface area (Å²) in [6.45, 7) is 3.76. The summed E-state index contributed by atoms with van der Waals surface area (Å²) in [5.41, 5.74) is 1.37. The summed E-state index contributed by atoms with van der Waals surface area (Å²) in [6, 6.07) is 6.29. The van der Waals surface area contributed by atoms with Gasteiger partial charge in [0.25, 0.3) is 0 Å². The van der Waals surface area contributed by atoms with Crippen LogP contribution in [0, 0.1) is 5.92 Å². The fourth-order valence-electron chi connectivity index (χ4n) is 2.34. The van der Waals surface area contributed by atoms with E-state index in [0.29, 0.717) is 12.5 Å². The van der Waals surface area contributed by atoms with Crippen molar-refractivity contribution in [3.63, 3.8) is 0 Å². The number of hydrogen-bond acceptors (Lipinski definition) is 3. The van der Waals surface area contributed by atoms with Crippen LogP contribution in [0.1, 0.15) is 24.8 Å². The van der Waals surface area contributed by atoms with Gasteiger partial charge in [0.05, 0.1) is 13.7 Å². The Morgan fingerprint density at radius 3 is 2.82 bits per heavy atom. The average molecular weight is 235 g/mol. The molecule has 2 unspecified atom stereocenters. The Morgan fingerprint density at radius 1 is 1.35 bits per heavy atom. The zero-order valence-corrected chi connectivity index (χ0v) is 10.8. The minimum Gasteiger partial charge on any atom is -0.493 e. The lowest BCUT2D eigenvalue weighted by molar-refractivity contribution is 0.310. The highest BCUT2D eigenvalue weighted by atomic mass is 16.5. The second kappa shape index (κ2) is 5.41. The van der Waals surface area contributed by atoms with Crippen LogP contribution in [0.5, 0.6) is 11.5 Å². The van der Waals surface area contributed by atoms with Gasteiger partial charge in [-0.3, -0.25) is 0 Å². The monoisotopic (exact) mass is 235 g/mol. The summed E-state index contributed by atoms with van der Waals surface area (Å²) in [4.78, 5) is 0. The lowest BCUT2D eigenvalue weighted by Gasteiger charge is -2.11. The van der Waals surface area contributed by atoms with Gasteiger partial charge in [-0.25, -0.2) is 0 Å². The fraction of sp³-hybridized carbons (Fsp3) is 0.571. The first kappa shape index (κ1) is 12.2. The van der Waals surface area contributed by atoms with Crippen molar-refractivity contribution in [1.82, 2.24) is 5.32 Å². The molecule has 3 nitrogen and oxygen atoms in total. The Morgan fingerprint density at radius 2 is 2.18 bits per heavy atom. The molecule has 2 rings (SSSR count). The first-order valence-electron chi connectivity index (χ1n) is 6.25. The molecule has 1 aliphatic carbocycles. The Bertz CT molecular complexity index is 378. The molecule has 1 N–H and O–H groups in total. The quantitative estimate of drug-likeness (QED) is 0.821. The third-order valence-electron chi connectivity index (χ3n) is 3.30. The van der Waals surface area contributed by atoms with Crippen LogP contribution in [0.4, 0.5) is 0 Å². The fourth-order valence-corrected chi connectivity index (χ4v) is 2.34. The topological polar surface area (TPSA) is 30.5 Å². The van der Waals surface area contributed by atoms with Crippen molar-refractivity contribution in [1.29, 1.82) is 0 Å². The van der Waals surface area contributed by atoms with Crippen molar-refractivity contribution in [3.8, 4) is 11.5 Å². The molecule has 1 aromatic rings. The average Bonchev–Trinajstić information content (AvgIpc) is 3.09. The van der Waals surface area contributed by atoms with Gasteiger partial charge in [0, 0.05) is 0 Å². The number of methoxy groups -OCH3 is 1. The first-order valence-corrected chi connectivity index (χ1v) is 6.25. The van der Waals surface area contributed by atoms with Crippen LogP contribution in [0.25, 0.3) is 0 Å². The van der Waals surface area contributed by atoms with Gasteiger partial charge in [-0.2, -0.15) is 0 Å². The molecule has 0 radical (unpaired) electrons. The molecule has 0 aromatic heterocycles. The lowest BCUT2D eigenvalue weighted by atomic mass is 10.1. The Labute approximate surface area is 103 Å². The Balaban J connectivity index is 2.11. The van der Waals surface area contributed by atoms with E-state index < -0.39 is 0 Å². The summed E-state index contributed by atoms with van der Waals surface area (Å²) in [7, 11) is 3.69. The molecular formula is C14H21NO2. The zero-order valence-electron chi connectivity index (χ0n) is 10.8. The molecule has 94 valence electrons. The second-order valence-electron chi connectivity index (χ2n) is 4.50. The molecule has 0 saturated heterocycles. The molecule has 0 spiro atoms. The van der Waals surface area contributed by atoms with Gasteiger partial charge in [0.1, 0.15) is 0 Å². The van der Waals surface area contributed by atoms with Crippen molar-refractivity contribution < 1.29 is 9.47 Å². The number of hydrogen-bond donors (Lipinski definition) is 1. The standard InChI is InChI=1S/C14H21NO2/c1-4-17-14-8-10(5-6-13(14)16-3)12-7-11(12)9-15-2/h5-6,8,11-12,15H,4,7,9H2,1-3H3. The van der Waals surface area contributed by atoms with E-state index in [1.807, 2.05) is 20.0 Å². The number of ether oxygens (including phenoxy) is 2. The van der Waals surface area contributed by atoms with Gasteiger partial charge in [0.15, 0.2) is 11.5 Å². The molecule has 2 atom stereocenters. The van der Waals surface area contributed by atoms with Crippen LogP contribution in [-0.2, 0) is 0 Å². The van der Waals surface area contributed by atoms with Crippen molar-refractivity contribution in [2.75, 3.05) is 27.3 Å². The molecule has 1 aliphatic rings. The van der Waals surface area contributed by atoms with E-state index in [9.17, 15) is 0 Å². The summed E-state index contributed by atoms with van der Waals surface area (Å²) in [5, 5.41) is 3.24. The first-order chi connectivity index (χ1) is 8.30. The van der Waals surface area contributed by atoms with Crippen molar-refractivity contribution in [2.24, 2.45) is 5.92 Å². The summed E-state index contributed by atoms with van der Waals surface area (Å²) in [6.07, 6.45) is 1.28. The Hall–Kier alpha value is -1.22. The van der Waals surface area contributed by atoms with Crippen LogP contribution >= 0.6 is 0 Å².